The third-order valence-corrected chi connectivity index (χ3v) is 5.28. The van der Waals surface area contributed by atoms with Crippen molar-refractivity contribution in [2.45, 2.75) is 12.8 Å². The summed E-state index contributed by atoms with van der Waals surface area (Å²) >= 11 is 5.90. The van der Waals surface area contributed by atoms with Crippen LogP contribution in [0.4, 0.5) is 0 Å². The van der Waals surface area contributed by atoms with Crippen molar-refractivity contribution in [1.82, 2.24) is 9.80 Å². The Labute approximate surface area is 176 Å². The van der Waals surface area contributed by atoms with Crippen LogP contribution in [0.3, 0.4) is 0 Å². The third kappa shape index (κ3) is 5.21. The highest BCUT2D eigenvalue weighted by atomic mass is 35.5. The first-order chi connectivity index (χ1) is 14.0. The Bertz CT molecular complexity index is 870. The average Bonchev–Trinajstić information content (AvgIpc) is 3.00. The van der Waals surface area contributed by atoms with Gasteiger partial charge in [0.1, 0.15) is 0 Å². The largest absolute Gasteiger partial charge is 0.493 e. The van der Waals surface area contributed by atoms with Gasteiger partial charge in [-0.15, -0.1) is 0 Å². The monoisotopic (exact) mass is 416 g/mol. The molecule has 1 aliphatic heterocycles. The van der Waals surface area contributed by atoms with Gasteiger partial charge in [-0.1, -0.05) is 17.7 Å². The summed E-state index contributed by atoms with van der Waals surface area (Å²) in [5.74, 6) is 1.25. The van der Waals surface area contributed by atoms with Gasteiger partial charge in [0.25, 0.3) is 5.91 Å². The summed E-state index contributed by atoms with van der Waals surface area (Å²) in [5.41, 5.74) is 1.48. The van der Waals surface area contributed by atoms with E-state index < -0.39 is 0 Å². The zero-order chi connectivity index (χ0) is 20.8. The molecule has 6 nitrogen and oxygen atoms in total. The minimum Gasteiger partial charge on any atom is -0.493 e. The Morgan fingerprint density at radius 1 is 0.897 bits per heavy atom. The molecule has 1 heterocycles. The van der Waals surface area contributed by atoms with Crippen molar-refractivity contribution in [1.29, 1.82) is 0 Å². The van der Waals surface area contributed by atoms with Crippen LogP contribution in [0.1, 0.15) is 22.3 Å². The molecular weight excluding hydrogens is 392 g/mol. The number of hydrogen-bond donors (Lipinski definition) is 0. The van der Waals surface area contributed by atoms with Crippen LogP contribution in [-0.4, -0.2) is 62.0 Å². The number of amides is 2. The van der Waals surface area contributed by atoms with Crippen LogP contribution < -0.4 is 9.47 Å². The number of rotatable bonds is 5. The second-order valence-corrected chi connectivity index (χ2v) is 7.34. The van der Waals surface area contributed by atoms with Crippen LogP contribution >= 0.6 is 11.6 Å². The molecule has 29 heavy (non-hydrogen) atoms. The summed E-state index contributed by atoms with van der Waals surface area (Å²) in [5, 5.41) is 0.601. The first-order valence-corrected chi connectivity index (χ1v) is 9.93. The molecule has 2 aromatic carbocycles. The van der Waals surface area contributed by atoms with Crippen molar-refractivity contribution in [3.8, 4) is 11.5 Å². The Morgan fingerprint density at radius 2 is 1.55 bits per heavy atom. The number of halogens is 1. The van der Waals surface area contributed by atoms with E-state index in [0.29, 0.717) is 48.3 Å². The number of benzene rings is 2. The fourth-order valence-corrected chi connectivity index (χ4v) is 3.55. The summed E-state index contributed by atoms with van der Waals surface area (Å²) in [7, 11) is 3.15. The molecule has 0 N–H and O–H groups in total. The summed E-state index contributed by atoms with van der Waals surface area (Å²) in [4.78, 5) is 29.1. The van der Waals surface area contributed by atoms with Crippen molar-refractivity contribution in [2.75, 3.05) is 40.4 Å². The van der Waals surface area contributed by atoms with Gasteiger partial charge in [0, 0.05) is 36.8 Å². The quantitative estimate of drug-likeness (QED) is 0.750. The number of ether oxygens (including phenoxy) is 2. The van der Waals surface area contributed by atoms with Crippen LogP contribution in [0.25, 0.3) is 0 Å². The second-order valence-electron chi connectivity index (χ2n) is 6.90. The topological polar surface area (TPSA) is 59.1 Å². The fourth-order valence-electron chi connectivity index (χ4n) is 3.42. The normalized spacial score (nSPS) is 14.3. The van der Waals surface area contributed by atoms with E-state index in [1.165, 1.54) is 0 Å². The standard InChI is InChI=1S/C22H25ClN2O4/c1-28-19-9-4-16(14-20(19)29-2)15-21(26)24-10-3-11-25(13-12-24)22(27)17-5-7-18(23)8-6-17/h4-9,14H,3,10-13,15H2,1-2H3. The number of nitrogens with zero attached hydrogens (tertiary/aromatic N) is 2. The van der Waals surface area contributed by atoms with E-state index in [1.54, 1.807) is 49.5 Å². The highest BCUT2D eigenvalue weighted by Crippen LogP contribution is 2.28. The maximum absolute atomic E-state index is 12.8. The zero-order valence-electron chi connectivity index (χ0n) is 16.7. The molecule has 0 spiro atoms. The predicted octanol–water partition coefficient (Wildman–Crippen LogP) is 3.27. The van der Waals surface area contributed by atoms with E-state index in [0.717, 1.165) is 12.0 Å². The smallest absolute Gasteiger partial charge is 0.253 e. The lowest BCUT2D eigenvalue weighted by molar-refractivity contribution is -0.130. The van der Waals surface area contributed by atoms with Gasteiger partial charge in [0.2, 0.25) is 5.91 Å². The maximum Gasteiger partial charge on any atom is 0.253 e. The van der Waals surface area contributed by atoms with Crippen LogP contribution in [-0.2, 0) is 11.2 Å². The predicted molar refractivity (Wildman–Crippen MR) is 112 cm³/mol. The zero-order valence-corrected chi connectivity index (χ0v) is 17.4. The van der Waals surface area contributed by atoms with Crippen LogP contribution in [0, 0.1) is 0 Å². The number of carbonyl (C=O) groups excluding carboxylic acids is 2. The molecule has 0 radical (unpaired) electrons. The molecule has 1 aliphatic rings. The molecular formula is C22H25ClN2O4. The molecule has 0 unspecified atom stereocenters. The number of hydrogen-bond acceptors (Lipinski definition) is 4. The lowest BCUT2D eigenvalue weighted by atomic mass is 10.1. The number of carbonyl (C=O) groups is 2. The van der Waals surface area contributed by atoms with Gasteiger partial charge in [0.05, 0.1) is 20.6 Å². The van der Waals surface area contributed by atoms with Gasteiger partial charge >= 0.3 is 0 Å². The van der Waals surface area contributed by atoms with Crippen molar-refractivity contribution in [2.24, 2.45) is 0 Å². The van der Waals surface area contributed by atoms with Crippen LogP contribution in [0.15, 0.2) is 42.5 Å². The molecule has 1 fully saturated rings. The SMILES string of the molecule is COc1ccc(CC(=O)N2CCCN(C(=O)c3ccc(Cl)cc3)CC2)cc1OC. The lowest BCUT2D eigenvalue weighted by Gasteiger charge is -2.22. The molecule has 0 aromatic heterocycles. The van der Waals surface area contributed by atoms with E-state index in [4.69, 9.17) is 21.1 Å². The Hall–Kier alpha value is -2.73. The summed E-state index contributed by atoms with van der Waals surface area (Å²) in [6.45, 7) is 2.29. The van der Waals surface area contributed by atoms with Gasteiger partial charge in [0.15, 0.2) is 11.5 Å². The highest BCUT2D eigenvalue weighted by molar-refractivity contribution is 6.30. The van der Waals surface area contributed by atoms with Crippen LogP contribution in [0.2, 0.25) is 5.02 Å². The van der Waals surface area contributed by atoms with E-state index in [9.17, 15) is 9.59 Å². The lowest BCUT2D eigenvalue weighted by Crippen LogP contribution is -2.38. The molecule has 2 amide bonds. The van der Waals surface area contributed by atoms with E-state index in [2.05, 4.69) is 0 Å². The molecule has 7 heteroatoms. The molecule has 3 rings (SSSR count). The first kappa shape index (κ1) is 21.0. The Kier molecular flexibility index (Phi) is 6.99. The molecule has 154 valence electrons. The van der Waals surface area contributed by atoms with Crippen molar-refractivity contribution in [3.05, 3.63) is 58.6 Å². The average molecular weight is 417 g/mol. The van der Waals surface area contributed by atoms with Gasteiger partial charge < -0.3 is 19.3 Å². The van der Waals surface area contributed by atoms with E-state index >= 15 is 0 Å². The van der Waals surface area contributed by atoms with Gasteiger partial charge in [-0.25, -0.2) is 0 Å². The molecule has 0 saturated carbocycles. The van der Waals surface area contributed by atoms with E-state index in [1.807, 2.05) is 17.0 Å². The van der Waals surface area contributed by atoms with Crippen molar-refractivity contribution < 1.29 is 19.1 Å². The molecule has 2 aromatic rings. The minimum atomic E-state index is -0.0316. The van der Waals surface area contributed by atoms with Gasteiger partial charge in [-0.3, -0.25) is 9.59 Å². The number of methoxy groups -OCH3 is 2. The fraction of sp³-hybridized carbons (Fsp3) is 0.364. The summed E-state index contributed by atoms with van der Waals surface area (Å²) in [6.07, 6.45) is 1.03. The molecule has 0 bridgehead atoms. The summed E-state index contributed by atoms with van der Waals surface area (Å²) < 4.78 is 10.6. The highest BCUT2D eigenvalue weighted by Gasteiger charge is 2.23. The van der Waals surface area contributed by atoms with Crippen molar-refractivity contribution in [3.63, 3.8) is 0 Å². The Balaban J connectivity index is 1.61. The minimum absolute atomic E-state index is 0.0316. The van der Waals surface area contributed by atoms with E-state index in [-0.39, 0.29) is 18.2 Å². The maximum atomic E-state index is 12.8. The molecule has 0 aliphatic carbocycles. The summed E-state index contributed by atoms with van der Waals surface area (Å²) in [6, 6.07) is 12.4. The van der Waals surface area contributed by atoms with Crippen LogP contribution in [0.5, 0.6) is 11.5 Å². The van der Waals surface area contributed by atoms with Gasteiger partial charge in [-0.2, -0.15) is 0 Å². The molecule has 0 atom stereocenters. The second kappa shape index (κ2) is 9.65. The third-order valence-electron chi connectivity index (χ3n) is 5.03. The Morgan fingerprint density at radius 3 is 2.24 bits per heavy atom. The van der Waals surface area contributed by atoms with Gasteiger partial charge in [-0.05, 0) is 48.4 Å². The molecule has 1 saturated heterocycles. The van der Waals surface area contributed by atoms with Crippen molar-refractivity contribution >= 4 is 23.4 Å². The first-order valence-electron chi connectivity index (χ1n) is 9.55.